The van der Waals surface area contributed by atoms with Crippen molar-refractivity contribution >= 4 is 51.5 Å². The van der Waals surface area contributed by atoms with Gasteiger partial charge in [-0.05, 0) is 24.6 Å². The molecule has 3 aromatic rings. The first-order valence-electron chi connectivity index (χ1n) is 11.9. The first-order chi connectivity index (χ1) is 17.9. The van der Waals surface area contributed by atoms with Crippen LogP contribution in [0.25, 0.3) is 22.0 Å². The van der Waals surface area contributed by atoms with Crippen molar-refractivity contribution in [2.24, 2.45) is 0 Å². The molecule has 194 valence electrons. The number of nitrogens with one attached hydrogen (secondary N) is 2. The molecule has 9 nitrogen and oxygen atoms in total. The van der Waals surface area contributed by atoms with Gasteiger partial charge in [0.05, 0.1) is 55.3 Å². The molecule has 2 fully saturated rings. The smallest absolute Gasteiger partial charge is 0.243 e. The van der Waals surface area contributed by atoms with Crippen LogP contribution in [0.4, 0.5) is 11.6 Å². The zero-order valence-corrected chi connectivity index (χ0v) is 22.0. The van der Waals surface area contributed by atoms with Crippen molar-refractivity contribution in [3.8, 4) is 22.8 Å². The van der Waals surface area contributed by atoms with Gasteiger partial charge < -0.3 is 29.7 Å². The van der Waals surface area contributed by atoms with E-state index < -0.39 is 0 Å². The van der Waals surface area contributed by atoms with Crippen LogP contribution in [-0.2, 0) is 9.53 Å². The van der Waals surface area contributed by atoms with Gasteiger partial charge in [-0.1, -0.05) is 29.8 Å². The van der Waals surface area contributed by atoms with E-state index in [9.17, 15) is 4.79 Å². The number of rotatable bonds is 8. The van der Waals surface area contributed by atoms with Crippen LogP contribution in [0.5, 0.6) is 11.5 Å². The van der Waals surface area contributed by atoms with Gasteiger partial charge in [-0.3, -0.25) is 4.79 Å². The van der Waals surface area contributed by atoms with Gasteiger partial charge in [0.25, 0.3) is 0 Å². The second-order valence-corrected chi connectivity index (χ2v) is 9.61. The number of hydrogen-bond donors (Lipinski definition) is 2. The molecule has 37 heavy (non-hydrogen) atoms. The van der Waals surface area contributed by atoms with Crippen LogP contribution in [0, 0.1) is 0 Å². The van der Waals surface area contributed by atoms with Gasteiger partial charge in [-0.25, -0.2) is 9.97 Å². The highest BCUT2D eigenvalue weighted by atomic mass is 35.5. The molecule has 2 N–H and O–H groups in total. The summed E-state index contributed by atoms with van der Waals surface area (Å²) >= 11 is 13.4. The third-order valence-electron chi connectivity index (χ3n) is 6.61. The van der Waals surface area contributed by atoms with Crippen LogP contribution >= 0.6 is 23.2 Å². The molecular weight excluding hydrogens is 517 g/mol. The predicted molar refractivity (Wildman–Crippen MR) is 145 cm³/mol. The summed E-state index contributed by atoms with van der Waals surface area (Å²) in [5.74, 6) is 2.13. The van der Waals surface area contributed by atoms with E-state index in [-0.39, 0.29) is 18.0 Å². The summed E-state index contributed by atoms with van der Waals surface area (Å²) < 4.78 is 16.5. The molecule has 1 aromatic carbocycles. The number of carbonyl (C=O) groups excluding carboxylic acids is 1. The molecule has 2 saturated heterocycles. The fourth-order valence-corrected chi connectivity index (χ4v) is 5.18. The maximum Gasteiger partial charge on any atom is 0.243 e. The standard InChI is InChI=1S/C26H27Cl2N5O4/c1-4-22(34)31-18-13-37-12-17(18)30-21-9-15-14(11-29-21)8-16(32-26(15)33-6-5-7-33)23-24(27)19(35-2)10-20(36-3)25(23)28/h4,8-11,17-18H,1,5-7,12-13H2,2-3H3,(H,29,30)(H,31,34)/t17?,18-/m0/s1. The molecule has 1 unspecified atom stereocenters. The van der Waals surface area contributed by atoms with Gasteiger partial charge in [-0.15, -0.1) is 0 Å². The summed E-state index contributed by atoms with van der Waals surface area (Å²) in [6, 6.07) is 5.22. The summed E-state index contributed by atoms with van der Waals surface area (Å²) in [5, 5.41) is 8.83. The largest absolute Gasteiger partial charge is 0.495 e. The number of aromatic nitrogens is 2. The average Bonchev–Trinajstić information content (AvgIpc) is 3.29. The van der Waals surface area contributed by atoms with E-state index in [0.29, 0.717) is 51.8 Å². The zero-order valence-electron chi connectivity index (χ0n) is 20.5. The van der Waals surface area contributed by atoms with Gasteiger partial charge in [0, 0.05) is 41.7 Å². The Morgan fingerprint density at radius 3 is 2.46 bits per heavy atom. The van der Waals surface area contributed by atoms with Crippen molar-refractivity contribution in [3.05, 3.63) is 47.1 Å². The highest BCUT2D eigenvalue weighted by Gasteiger charge is 2.30. The lowest BCUT2D eigenvalue weighted by Crippen LogP contribution is -2.45. The Morgan fingerprint density at radius 1 is 1.14 bits per heavy atom. The average molecular weight is 544 g/mol. The van der Waals surface area contributed by atoms with Crippen LogP contribution in [0.2, 0.25) is 10.0 Å². The maximum absolute atomic E-state index is 11.8. The summed E-state index contributed by atoms with van der Waals surface area (Å²) in [7, 11) is 3.08. The minimum absolute atomic E-state index is 0.129. The quantitative estimate of drug-likeness (QED) is 0.405. The minimum atomic E-state index is -0.239. The van der Waals surface area contributed by atoms with E-state index in [2.05, 4.69) is 27.1 Å². The number of ether oxygens (including phenoxy) is 3. The van der Waals surface area contributed by atoms with Crippen molar-refractivity contribution in [3.63, 3.8) is 0 Å². The third kappa shape index (κ3) is 4.86. The Balaban J connectivity index is 1.56. The Labute approximate surface area is 224 Å². The molecule has 0 saturated carbocycles. The Hall–Kier alpha value is -3.27. The van der Waals surface area contributed by atoms with Crippen molar-refractivity contribution in [1.82, 2.24) is 15.3 Å². The predicted octanol–water partition coefficient (Wildman–Crippen LogP) is 4.31. The molecule has 2 aliphatic rings. The third-order valence-corrected chi connectivity index (χ3v) is 7.36. The van der Waals surface area contributed by atoms with Crippen LogP contribution in [0.15, 0.2) is 37.1 Å². The van der Waals surface area contributed by atoms with Crippen molar-refractivity contribution in [1.29, 1.82) is 0 Å². The van der Waals surface area contributed by atoms with E-state index in [1.807, 2.05) is 12.1 Å². The highest BCUT2D eigenvalue weighted by Crippen LogP contribution is 2.46. The molecule has 0 spiro atoms. The second kappa shape index (κ2) is 10.6. The number of halogens is 2. The fourth-order valence-electron chi connectivity index (χ4n) is 4.49. The number of carbonyl (C=O) groups is 1. The van der Waals surface area contributed by atoms with Gasteiger partial charge in [-0.2, -0.15) is 0 Å². The van der Waals surface area contributed by atoms with Crippen LogP contribution in [0.1, 0.15) is 6.42 Å². The number of methoxy groups -OCH3 is 2. The lowest BCUT2D eigenvalue weighted by Gasteiger charge is -2.33. The van der Waals surface area contributed by atoms with Gasteiger partial charge in [0.2, 0.25) is 5.91 Å². The molecule has 0 bridgehead atoms. The van der Waals surface area contributed by atoms with Crippen molar-refractivity contribution < 1.29 is 19.0 Å². The summed E-state index contributed by atoms with van der Waals surface area (Å²) in [6.07, 6.45) is 4.13. The van der Waals surface area contributed by atoms with Crippen molar-refractivity contribution in [2.75, 3.05) is 50.7 Å². The van der Waals surface area contributed by atoms with E-state index in [4.69, 9.17) is 42.4 Å². The Morgan fingerprint density at radius 2 is 1.84 bits per heavy atom. The van der Waals surface area contributed by atoms with E-state index in [1.165, 1.54) is 6.08 Å². The molecule has 2 atom stereocenters. The van der Waals surface area contributed by atoms with Gasteiger partial charge >= 0.3 is 0 Å². The molecule has 2 aliphatic heterocycles. The number of benzene rings is 1. The minimum Gasteiger partial charge on any atom is -0.495 e. The van der Waals surface area contributed by atoms with Crippen LogP contribution in [0.3, 0.4) is 0 Å². The highest BCUT2D eigenvalue weighted by molar-refractivity contribution is 6.41. The Bertz CT molecular complexity index is 1340. The summed E-state index contributed by atoms with van der Waals surface area (Å²) in [5.41, 5.74) is 1.13. The van der Waals surface area contributed by atoms with E-state index >= 15 is 0 Å². The molecular formula is C26H27Cl2N5O4. The van der Waals surface area contributed by atoms with Gasteiger partial charge in [0.1, 0.15) is 23.1 Å². The number of fused-ring (bicyclic) bond motifs is 1. The summed E-state index contributed by atoms with van der Waals surface area (Å²) in [4.78, 5) is 23.6. The summed E-state index contributed by atoms with van der Waals surface area (Å²) in [6.45, 7) is 6.17. The molecule has 1 amide bonds. The molecule has 0 aliphatic carbocycles. The second-order valence-electron chi connectivity index (χ2n) is 8.85. The number of amides is 1. The lowest BCUT2D eigenvalue weighted by atomic mass is 10.0. The number of nitrogens with zero attached hydrogens (tertiary/aromatic N) is 3. The van der Waals surface area contributed by atoms with Crippen LogP contribution < -0.4 is 25.0 Å². The normalized spacial score (nSPS) is 18.9. The molecule has 4 heterocycles. The molecule has 0 radical (unpaired) electrons. The number of pyridine rings is 2. The zero-order chi connectivity index (χ0) is 26.1. The Kier molecular flexibility index (Phi) is 7.28. The SMILES string of the molecule is C=CC(=O)N[C@H]1COCC1Nc1cc2c(N3CCC3)nc(-c3c(Cl)c(OC)cc(OC)c3Cl)cc2cn1. The fraction of sp³-hybridized carbons (Fsp3) is 0.346. The first-order valence-corrected chi connectivity index (χ1v) is 12.6. The topological polar surface area (TPSA) is 97.8 Å². The van der Waals surface area contributed by atoms with Crippen molar-refractivity contribution in [2.45, 2.75) is 18.5 Å². The molecule has 11 heteroatoms. The molecule has 5 rings (SSSR count). The monoisotopic (exact) mass is 543 g/mol. The van der Waals surface area contributed by atoms with Crippen LogP contribution in [-0.4, -0.2) is 68.5 Å². The number of anilines is 2. The van der Waals surface area contributed by atoms with E-state index in [1.54, 1.807) is 26.5 Å². The van der Waals surface area contributed by atoms with Gasteiger partial charge in [0.15, 0.2) is 0 Å². The van der Waals surface area contributed by atoms with E-state index in [0.717, 1.165) is 36.1 Å². The number of hydrogen-bond acceptors (Lipinski definition) is 8. The maximum atomic E-state index is 11.8. The lowest BCUT2D eigenvalue weighted by molar-refractivity contribution is -0.117. The molecule has 2 aromatic heterocycles. The first kappa shape index (κ1) is 25.4.